The molecule has 5 rings (SSSR count). The van der Waals surface area contributed by atoms with Gasteiger partial charge in [0.2, 0.25) is 10.0 Å². The maximum Gasteiger partial charge on any atom is 0.254 e. The molecule has 2 aliphatic heterocycles. The summed E-state index contributed by atoms with van der Waals surface area (Å²) in [5.74, 6) is 0.963. The lowest BCUT2D eigenvalue weighted by molar-refractivity contribution is 0.0746. The number of benzene rings is 3. The number of ether oxygens (including phenoxy) is 1. The molecule has 0 saturated carbocycles. The highest BCUT2D eigenvalue weighted by Gasteiger charge is 2.31. The summed E-state index contributed by atoms with van der Waals surface area (Å²) < 4.78 is 34.5. The van der Waals surface area contributed by atoms with Crippen LogP contribution in [0.2, 0.25) is 10.0 Å². The summed E-state index contributed by atoms with van der Waals surface area (Å²) >= 11 is 12.1. The number of methoxy groups -OCH3 is 1. The molecule has 2 heterocycles. The van der Waals surface area contributed by atoms with E-state index in [0.717, 1.165) is 19.3 Å². The van der Waals surface area contributed by atoms with Crippen molar-refractivity contribution in [1.29, 1.82) is 0 Å². The van der Waals surface area contributed by atoms with Gasteiger partial charge in [-0.1, -0.05) is 53.5 Å². The predicted octanol–water partition coefficient (Wildman–Crippen LogP) is 5.61. The summed E-state index contributed by atoms with van der Waals surface area (Å²) in [5, 5.41) is 0.746. The first kappa shape index (κ1) is 28.7. The van der Waals surface area contributed by atoms with Gasteiger partial charge in [0, 0.05) is 44.8 Å². The molecule has 10 heteroatoms. The van der Waals surface area contributed by atoms with Crippen LogP contribution in [0.3, 0.4) is 0 Å². The van der Waals surface area contributed by atoms with Gasteiger partial charge in [0.05, 0.1) is 27.7 Å². The Hall–Kier alpha value is -2.78. The molecule has 0 bridgehead atoms. The minimum absolute atomic E-state index is 0.114. The molecule has 2 fully saturated rings. The zero-order valence-electron chi connectivity index (χ0n) is 22.4. The summed E-state index contributed by atoms with van der Waals surface area (Å²) in [4.78, 5) is 17.1. The number of carbonyl (C=O) groups is 1. The van der Waals surface area contributed by atoms with Crippen molar-refractivity contribution in [3.8, 4) is 5.75 Å². The first-order valence-electron chi connectivity index (χ1n) is 13.5. The minimum atomic E-state index is -3.65. The zero-order valence-corrected chi connectivity index (χ0v) is 24.8. The topological polar surface area (TPSA) is 70.2 Å². The molecule has 212 valence electrons. The Kier molecular flexibility index (Phi) is 8.90. The first-order valence-corrected chi connectivity index (χ1v) is 15.7. The summed E-state index contributed by atoms with van der Waals surface area (Å²) in [7, 11) is -2.07. The monoisotopic (exact) mass is 601 g/mol. The number of piperidine rings is 1. The van der Waals surface area contributed by atoms with Crippen LogP contribution in [0.5, 0.6) is 5.75 Å². The van der Waals surface area contributed by atoms with Gasteiger partial charge in [0.15, 0.2) is 0 Å². The molecular weight excluding hydrogens is 569 g/mol. The summed E-state index contributed by atoms with van der Waals surface area (Å²) in [6.45, 7) is 3.06. The van der Waals surface area contributed by atoms with E-state index < -0.39 is 10.0 Å². The third-order valence-electron chi connectivity index (χ3n) is 7.80. The Morgan fingerprint density at radius 1 is 0.875 bits per heavy atom. The van der Waals surface area contributed by atoms with Crippen molar-refractivity contribution < 1.29 is 17.9 Å². The van der Waals surface area contributed by atoms with E-state index in [-0.39, 0.29) is 10.8 Å². The summed E-state index contributed by atoms with van der Waals surface area (Å²) in [6, 6.07) is 20.3. The van der Waals surface area contributed by atoms with Crippen LogP contribution >= 0.6 is 23.2 Å². The van der Waals surface area contributed by atoms with Crippen molar-refractivity contribution in [3.63, 3.8) is 0 Å². The van der Waals surface area contributed by atoms with Gasteiger partial charge in [0.25, 0.3) is 5.91 Å². The van der Waals surface area contributed by atoms with Gasteiger partial charge in [-0.25, -0.2) is 8.42 Å². The highest BCUT2D eigenvalue weighted by atomic mass is 35.5. The molecule has 2 saturated heterocycles. The lowest BCUT2D eigenvalue weighted by Crippen LogP contribution is -2.49. The van der Waals surface area contributed by atoms with Gasteiger partial charge >= 0.3 is 0 Å². The second kappa shape index (κ2) is 12.4. The molecule has 0 aliphatic carbocycles. The molecule has 0 unspecified atom stereocenters. The lowest BCUT2D eigenvalue weighted by Gasteiger charge is -2.37. The molecule has 40 heavy (non-hydrogen) atoms. The number of anilines is 1. The Bertz CT molecular complexity index is 1450. The Morgan fingerprint density at radius 3 is 2.23 bits per heavy atom. The van der Waals surface area contributed by atoms with E-state index in [2.05, 4.69) is 17.0 Å². The fraction of sp³-hybridized carbons (Fsp3) is 0.367. The predicted molar refractivity (Wildman–Crippen MR) is 159 cm³/mol. The highest BCUT2D eigenvalue weighted by molar-refractivity contribution is 7.89. The van der Waals surface area contributed by atoms with Crippen LogP contribution in [0, 0.1) is 5.92 Å². The number of piperazine rings is 1. The SMILES string of the molecule is COc1ccc(S(=O)(=O)N2CCC(Cc3ccccc3)CC2)cc1N1CCN(C(=O)c2ccc(Cl)c(Cl)c2)CC1. The summed E-state index contributed by atoms with van der Waals surface area (Å²) in [5.41, 5.74) is 2.49. The van der Waals surface area contributed by atoms with Gasteiger partial charge in [-0.3, -0.25) is 4.79 Å². The molecule has 0 radical (unpaired) electrons. The molecule has 0 spiro atoms. The van der Waals surface area contributed by atoms with Crippen LogP contribution in [0.1, 0.15) is 28.8 Å². The van der Waals surface area contributed by atoms with E-state index in [1.165, 1.54) is 5.56 Å². The molecule has 7 nitrogen and oxygen atoms in total. The Labute approximate surface area is 246 Å². The number of hydrogen-bond acceptors (Lipinski definition) is 5. The van der Waals surface area contributed by atoms with Crippen LogP contribution in [0.4, 0.5) is 5.69 Å². The lowest BCUT2D eigenvalue weighted by atomic mass is 9.91. The average molecular weight is 603 g/mol. The molecule has 2 aliphatic rings. The van der Waals surface area contributed by atoms with E-state index >= 15 is 0 Å². The molecular formula is C30H33Cl2N3O4S. The number of nitrogens with zero attached hydrogens (tertiary/aromatic N) is 3. The minimum Gasteiger partial charge on any atom is -0.495 e. The summed E-state index contributed by atoms with van der Waals surface area (Å²) in [6.07, 6.45) is 2.65. The number of hydrogen-bond donors (Lipinski definition) is 0. The largest absolute Gasteiger partial charge is 0.495 e. The van der Waals surface area contributed by atoms with Gasteiger partial charge in [-0.15, -0.1) is 0 Å². The van der Waals surface area contributed by atoms with Crippen molar-refractivity contribution in [1.82, 2.24) is 9.21 Å². The van der Waals surface area contributed by atoms with Gasteiger partial charge in [-0.2, -0.15) is 4.31 Å². The van der Waals surface area contributed by atoms with Crippen LogP contribution in [-0.4, -0.2) is 69.9 Å². The van der Waals surface area contributed by atoms with Gasteiger partial charge in [-0.05, 0) is 67.1 Å². The van der Waals surface area contributed by atoms with Crippen LogP contribution in [0.25, 0.3) is 0 Å². The van der Waals surface area contributed by atoms with Crippen molar-refractivity contribution in [2.45, 2.75) is 24.2 Å². The maximum absolute atomic E-state index is 13.6. The van der Waals surface area contributed by atoms with Crippen LogP contribution in [-0.2, 0) is 16.4 Å². The van der Waals surface area contributed by atoms with Crippen LogP contribution < -0.4 is 9.64 Å². The third-order valence-corrected chi connectivity index (χ3v) is 10.4. The molecule has 3 aromatic carbocycles. The van der Waals surface area contributed by atoms with E-state index in [0.29, 0.717) is 72.2 Å². The third kappa shape index (κ3) is 6.25. The number of sulfonamides is 1. The van der Waals surface area contributed by atoms with Crippen LogP contribution in [0.15, 0.2) is 71.6 Å². The molecule has 0 aromatic heterocycles. The van der Waals surface area contributed by atoms with E-state index in [4.69, 9.17) is 27.9 Å². The number of carbonyl (C=O) groups excluding carboxylic acids is 1. The smallest absolute Gasteiger partial charge is 0.254 e. The van der Waals surface area contributed by atoms with Gasteiger partial charge in [0.1, 0.15) is 5.75 Å². The molecule has 0 atom stereocenters. The normalized spacial score (nSPS) is 17.2. The Morgan fingerprint density at radius 2 is 1.57 bits per heavy atom. The quantitative estimate of drug-likeness (QED) is 0.352. The zero-order chi connectivity index (χ0) is 28.3. The second-order valence-corrected chi connectivity index (χ2v) is 13.0. The first-order chi connectivity index (χ1) is 19.3. The van der Waals surface area contributed by atoms with Crippen molar-refractivity contribution in [2.24, 2.45) is 5.92 Å². The fourth-order valence-electron chi connectivity index (χ4n) is 5.49. The number of halogens is 2. The van der Waals surface area contributed by atoms with Crippen molar-refractivity contribution in [3.05, 3.63) is 87.9 Å². The standard InChI is InChI=1S/C30H33Cl2N3O4S/c1-39-29-10-8-25(40(37,38)35-13-11-23(12-14-35)19-22-5-3-2-4-6-22)21-28(29)33-15-17-34(18-16-33)30(36)24-7-9-26(31)27(32)20-24/h2-10,20-21,23H,11-19H2,1H3. The van der Waals surface area contributed by atoms with E-state index in [1.54, 1.807) is 52.7 Å². The van der Waals surface area contributed by atoms with E-state index in [1.807, 2.05) is 18.2 Å². The second-order valence-electron chi connectivity index (χ2n) is 10.3. The molecule has 0 N–H and O–H groups in total. The number of rotatable bonds is 7. The maximum atomic E-state index is 13.6. The van der Waals surface area contributed by atoms with E-state index in [9.17, 15) is 13.2 Å². The molecule has 1 amide bonds. The van der Waals surface area contributed by atoms with Crippen molar-refractivity contribution >= 4 is 44.8 Å². The number of amides is 1. The average Bonchev–Trinajstić information content (AvgIpc) is 2.99. The Balaban J connectivity index is 1.25. The fourth-order valence-corrected chi connectivity index (χ4v) is 7.28. The van der Waals surface area contributed by atoms with Gasteiger partial charge < -0.3 is 14.5 Å². The van der Waals surface area contributed by atoms with Crippen molar-refractivity contribution in [2.75, 3.05) is 51.3 Å². The molecule has 3 aromatic rings. The highest BCUT2D eigenvalue weighted by Crippen LogP contribution is 2.34.